The number of halogens is 2. The third-order valence-electron chi connectivity index (χ3n) is 7.01. The Bertz CT molecular complexity index is 1430. The van der Waals surface area contributed by atoms with Crippen molar-refractivity contribution < 1.29 is 23.4 Å². The molecule has 1 aromatic carbocycles. The zero-order valence-corrected chi connectivity index (χ0v) is 19.4. The fourth-order valence-electron chi connectivity index (χ4n) is 5.37. The van der Waals surface area contributed by atoms with Gasteiger partial charge < -0.3 is 14.4 Å². The van der Waals surface area contributed by atoms with E-state index in [4.69, 9.17) is 9.72 Å². The summed E-state index contributed by atoms with van der Waals surface area (Å²) in [5, 5.41) is 17.5. The Labute approximate surface area is 194 Å². The Morgan fingerprint density at radius 3 is 2.68 bits per heavy atom. The van der Waals surface area contributed by atoms with Crippen LogP contribution in [0.4, 0.5) is 8.78 Å². The van der Waals surface area contributed by atoms with Gasteiger partial charge in [0.25, 0.3) is 0 Å². The summed E-state index contributed by atoms with van der Waals surface area (Å²) in [7, 11) is 1.62. The molecule has 178 valence electrons. The number of aliphatic carboxylic acids is 1. The second-order valence-electron chi connectivity index (χ2n) is 10.1. The zero-order valence-electron chi connectivity index (χ0n) is 19.4. The Hall–Kier alpha value is -3.33. The van der Waals surface area contributed by atoms with Crippen LogP contribution in [0.15, 0.2) is 30.5 Å². The van der Waals surface area contributed by atoms with Gasteiger partial charge in [0, 0.05) is 40.9 Å². The highest BCUT2D eigenvalue weighted by Gasteiger charge is 2.50. The van der Waals surface area contributed by atoms with Crippen molar-refractivity contribution in [3.8, 4) is 5.69 Å². The molecule has 0 spiro atoms. The van der Waals surface area contributed by atoms with E-state index in [1.807, 2.05) is 24.5 Å². The topological polar surface area (TPSA) is 93.0 Å². The number of rotatable bonds is 6. The van der Waals surface area contributed by atoms with E-state index < -0.39 is 28.4 Å². The van der Waals surface area contributed by atoms with E-state index in [1.165, 1.54) is 12.1 Å². The van der Waals surface area contributed by atoms with Crippen LogP contribution in [0.5, 0.6) is 0 Å². The minimum Gasteiger partial charge on any atom is -0.481 e. The second-order valence-corrected chi connectivity index (χ2v) is 10.1. The molecule has 34 heavy (non-hydrogen) atoms. The van der Waals surface area contributed by atoms with Gasteiger partial charge in [0.15, 0.2) is 17.3 Å². The van der Waals surface area contributed by atoms with Crippen molar-refractivity contribution in [2.45, 2.75) is 44.9 Å². The van der Waals surface area contributed by atoms with Crippen LogP contribution >= 0.6 is 0 Å². The van der Waals surface area contributed by atoms with Crippen LogP contribution in [-0.4, -0.2) is 44.5 Å². The maximum Gasteiger partial charge on any atom is 0.309 e. The zero-order chi connectivity index (χ0) is 24.4. The number of nitrogens with zero attached hydrogens (tertiary/aromatic N) is 3. The van der Waals surface area contributed by atoms with Gasteiger partial charge in [-0.25, -0.2) is 13.8 Å². The van der Waals surface area contributed by atoms with Gasteiger partial charge in [-0.1, -0.05) is 13.8 Å². The maximum atomic E-state index is 14.4. The van der Waals surface area contributed by atoms with Crippen LogP contribution in [0.25, 0.3) is 27.8 Å². The van der Waals surface area contributed by atoms with Gasteiger partial charge in [0.2, 0.25) is 0 Å². The molecule has 9 heteroatoms. The Kier molecular flexibility index (Phi) is 5.02. The van der Waals surface area contributed by atoms with Gasteiger partial charge >= 0.3 is 5.97 Å². The summed E-state index contributed by atoms with van der Waals surface area (Å²) in [5.74, 6) is -2.76. The molecule has 0 radical (unpaired) electrons. The minimum absolute atomic E-state index is 0.0610. The molecule has 1 aliphatic carbocycles. The number of nitrogens with one attached hydrogen (secondary N) is 1. The maximum absolute atomic E-state index is 14.4. The van der Waals surface area contributed by atoms with Crippen molar-refractivity contribution in [2.75, 3.05) is 13.7 Å². The predicted octanol–water partition coefficient (Wildman–Crippen LogP) is 5.07. The molecular formula is C25H26F2N4O3. The lowest BCUT2D eigenvalue weighted by Crippen LogP contribution is -2.41. The molecule has 1 fully saturated rings. The number of ether oxygens (including phenoxy) is 1. The highest BCUT2D eigenvalue weighted by molar-refractivity contribution is 5.94. The average Bonchev–Trinajstić information content (AvgIpc) is 3.33. The first-order valence-corrected chi connectivity index (χ1v) is 11.1. The standard InChI is InChI=1S/C25H26F2N4O3/c1-24(2,12-34-4)21-19(14-9-25(3,10-14)23(32)33)20-18(7-13-11-28-30-22(13)29-20)31(21)15-5-6-16(26)17(27)8-15/h5-8,11,14H,9-10,12H2,1-4H3,(H,32,33)(H,28,29,30). The molecule has 0 unspecified atom stereocenters. The number of hydrogen-bond donors (Lipinski definition) is 2. The number of H-pyrrole nitrogens is 1. The Morgan fingerprint density at radius 2 is 2.03 bits per heavy atom. The summed E-state index contributed by atoms with van der Waals surface area (Å²) in [6, 6.07) is 5.74. The molecule has 1 aliphatic rings. The molecule has 7 nitrogen and oxygen atoms in total. The minimum atomic E-state index is -0.948. The van der Waals surface area contributed by atoms with Crippen LogP contribution in [0.1, 0.15) is 50.8 Å². The van der Waals surface area contributed by atoms with Crippen molar-refractivity contribution in [2.24, 2.45) is 5.41 Å². The molecule has 0 aliphatic heterocycles. The summed E-state index contributed by atoms with van der Waals surface area (Å²) < 4.78 is 35.6. The molecule has 2 N–H and O–H groups in total. The van der Waals surface area contributed by atoms with E-state index in [-0.39, 0.29) is 5.92 Å². The number of carboxylic acids is 1. The monoisotopic (exact) mass is 468 g/mol. The van der Waals surface area contributed by atoms with Gasteiger partial charge in [-0.15, -0.1) is 0 Å². The van der Waals surface area contributed by atoms with Crippen LogP contribution in [0, 0.1) is 17.0 Å². The van der Waals surface area contributed by atoms with Gasteiger partial charge in [0.1, 0.15) is 0 Å². The number of carboxylic acid groups (broad SMARTS) is 1. The summed E-state index contributed by atoms with van der Waals surface area (Å²) in [6.45, 7) is 6.16. The van der Waals surface area contributed by atoms with Gasteiger partial charge in [-0.2, -0.15) is 5.10 Å². The molecule has 5 rings (SSSR count). The van der Waals surface area contributed by atoms with Gasteiger partial charge in [-0.3, -0.25) is 9.89 Å². The van der Waals surface area contributed by atoms with Crippen molar-refractivity contribution in [3.63, 3.8) is 0 Å². The number of aromatic amines is 1. The van der Waals surface area contributed by atoms with E-state index in [1.54, 1.807) is 20.2 Å². The molecular weight excluding hydrogens is 442 g/mol. The largest absolute Gasteiger partial charge is 0.481 e. The molecule has 3 heterocycles. The fourth-order valence-corrected chi connectivity index (χ4v) is 5.37. The summed E-state index contributed by atoms with van der Waals surface area (Å²) in [5.41, 5.74) is 2.87. The predicted molar refractivity (Wildman–Crippen MR) is 123 cm³/mol. The van der Waals surface area contributed by atoms with Gasteiger partial charge in [-0.05, 0) is 43.9 Å². The molecule has 0 amide bonds. The van der Waals surface area contributed by atoms with Crippen molar-refractivity contribution in [1.82, 2.24) is 19.7 Å². The van der Waals surface area contributed by atoms with Crippen molar-refractivity contribution in [1.29, 1.82) is 0 Å². The fraction of sp³-hybridized carbons (Fsp3) is 0.400. The number of carbonyl (C=O) groups is 1. The Morgan fingerprint density at radius 1 is 1.29 bits per heavy atom. The summed E-state index contributed by atoms with van der Waals surface area (Å²) in [6.07, 6.45) is 2.57. The van der Waals surface area contributed by atoms with E-state index in [9.17, 15) is 18.7 Å². The number of aromatic nitrogens is 4. The molecule has 4 aromatic rings. The molecule has 3 aromatic heterocycles. The smallest absolute Gasteiger partial charge is 0.309 e. The van der Waals surface area contributed by atoms with E-state index in [0.717, 1.165) is 28.2 Å². The normalized spacial score (nSPS) is 20.7. The van der Waals surface area contributed by atoms with Crippen molar-refractivity contribution in [3.05, 3.63) is 53.4 Å². The van der Waals surface area contributed by atoms with E-state index >= 15 is 0 Å². The highest BCUT2D eigenvalue weighted by atomic mass is 19.2. The number of pyridine rings is 1. The third kappa shape index (κ3) is 3.29. The highest BCUT2D eigenvalue weighted by Crippen LogP contribution is 2.55. The average molecular weight is 469 g/mol. The first-order valence-electron chi connectivity index (χ1n) is 11.1. The van der Waals surface area contributed by atoms with Crippen LogP contribution in [0.2, 0.25) is 0 Å². The lowest BCUT2D eigenvalue weighted by molar-refractivity contribution is -0.154. The van der Waals surface area contributed by atoms with Crippen LogP contribution < -0.4 is 0 Å². The quantitative estimate of drug-likeness (QED) is 0.412. The molecule has 1 saturated carbocycles. The van der Waals surface area contributed by atoms with Crippen LogP contribution in [-0.2, 0) is 14.9 Å². The number of methoxy groups -OCH3 is 1. The molecule has 0 saturated heterocycles. The van der Waals surface area contributed by atoms with E-state index in [0.29, 0.717) is 36.3 Å². The summed E-state index contributed by atoms with van der Waals surface area (Å²) in [4.78, 5) is 16.7. The third-order valence-corrected chi connectivity index (χ3v) is 7.01. The first kappa shape index (κ1) is 22.5. The second kappa shape index (κ2) is 7.59. The lowest BCUT2D eigenvalue weighted by Gasteiger charge is -2.43. The number of hydrogen-bond acceptors (Lipinski definition) is 4. The lowest BCUT2D eigenvalue weighted by atomic mass is 9.60. The summed E-state index contributed by atoms with van der Waals surface area (Å²) >= 11 is 0. The van der Waals surface area contributed by atoms with Gasteiger partial charge in [0.05, 0.1) is 29.3 Å². The number of fused-ring (bicyclic) bond motifs is 2. The van der Waals surface area contributed by atoms with Crippen LogP contribution in [0.3, 0.4) is 0 Å². The first-order chi connectivity index (χ1) is 16.1. The molecule has 0 bridgehead atoms. The van der Waals surface area contributed by atoms with E-state index in [2.05, 4.69) is 10.2 Å². The number of benzene rings is 1. The van der Waals surface area contributed by atoms with Crippen molar-refractivity contribution >= 4 is 28.0 Å². The molecule has 0 atom stereocenters. The Balaban J connectivity index is 1.86. The SMILES string of the molecule is COCC(C)(C)c1c(C2CC(C)(C(=O)O)C2)c2nc3[nH]ncc3cc2n1-c1ccc(F)c(F)c1.